The standard InChI is InChI=1S/C28H31Cl2F3N2O4/c1-17(10-11-34-15-27(39,16-34)28(31,32)33)35-24(18-6-8-20(29)9-7-18)22(19-4-3-5-21(30)12-19)13-26(2,25(35)38)14-23(36)37/h3-9,12,17,22,24,39H,10-11,13-16H2,1-2H3,(H,36,37)/t17-,22+,24+,26+/m0/s1. The number of amides is 1. The summed E-state index contributed by atoms with van der Waals surface area (Å²) in [5.41, 5.74) is -2.29. The van der Waals surface area contributed by atoms with E-state index in [1.54, 1.807) is 36.1 Å². The van der Waals surface area contributed by atoms with E-state index in [0.717, 1.165) is 11.1 Å². The molecule has 0 saturated carbocycles. The van der Waals surface area contributed by atoms with Gasteiger partial charge in [0.2, 0.25) is 5.91 Å². The van der Waals surface area contributed by atoms with Gasteiger partial charge in [0.05, 0.1) is 17.9 Å². The monoisotopic (exact) mass is 586 g/mol. The van der Waals surface area contributed by atoms with Crippen molar-refractivity contribution in [3.8, 4) is 0 Å². The normalized spacial score (nSPS) is 26.3. The van der Waals surface area contributed by atoms with Crippen molar-refractivity contribution < 1.29 is 33.0 Å². The third-order valence-electron chi connectivity index (χ3n) is 7.97. The number of alkyl halides is 3. The summed E-state index contributed by atoms with van der Waals surface area (Å²) >= 11 is 12.5. The predicted molar refractivity (Wildman–Crippen MR) is 142 cm³/mol. The lowest BCUT2D eigenvalue weighted by molar-refractivity contribution is -0.301. The van der Waals surface area contributed by atoms with Crippen LogP contribution >= 0.6 is 23.2 Å². The number of aliphatic carboxylic acids is 1. The molecule has 2 aromatic rings. The fraction of sp³-hybridized carbons (Fsp3) is 0.500. The number of carboxylic acid groups (broad SMARTS) is 1. The van der Waals surface area contributed by atoms with Gasteiger partial charge < -0.3 is 15.1 Å². The maximum atomic E-state index is 14.1. The predicted octanol–water partition coefficient (Wildman–Crippen LogP) is 5.92. The van der Waals surface area contributed by atoms with Crippen LogP contribution in [0.4, 0.5) is 13.2 Å². The Morgan fingerprint density at radius 1 is 1.10 bits per heavy atom. The van der Waals surface area contributed by atoms with Gasteiger partial charge in [0.15, 0.2) is 5.60 Å². The van der Waals surface area contributed by atoms with Crippen LogP contribution in [-0.4, -0.2) is 69.3 Å². The van der Waals surface area contributed by atoms with Crippen molar-refractivity contribution in [3.05, 3.63) is 69.7 Å². The molecule has 4 atom stereocenters. The second-order valence-electron chi connectivity index (χ2n) is 11.1. The average Bonchev–Trinajstić information content (AvgIpc) is 2.81. The molecule has 11 heteroatoms. The number of nitrogens with zero attached hydrogens (tertiary/aromatic N) is 2. The molecule has 0 aromatic heterocycles. The van der Waals surface area contributed by atoms with E-state index < -0.39 is 48.3 Å². The molecule has 0 bridgehead atoms. The first kappa shape index (κ1) is 29.6. The highest BCUT2D eigenvalue weighted by atomic mass is 35.5. The van der Waals surface area contributed by atoms with Crippen LogP contribution in [0.5, 0.6) is 0 Å². The first-order chi connectivity index (χ1) is 18.1. The van der Waals surface area contributed by atoms with Crippen LogP contribution in [0.25, 0.3) is 0 Å². The Hall–Kier alpha value is -2.33. The van der Waals surface area contributed by atoms with Gasteiger partial charge in [-0.05, 0) is 55.2 Å². The summed E-state index contributed by atoms with van der Waals surface area (Å²) in [6.07, 6.45) is -4.49. The fourth-order valence-corrected chi connectivity index (χ4v) is 6.23. The molecule has 2 aliphatic rings. The number of likely N-dealkylation sites (tertiary alicyclic amines) is 2. The summed E-state index contributed by atoms with van der Waals surface area (Å²) in [6, 6.07) is 13.4. The third-order valence-corrected chi connectivity index (χ3v) is 8.45. The largest absolute Gasteiger partial charge is 0.481 e. The zero-order chi connectivity index (χ0) is 28.8. The van der Waals surface area contributed by atoms with Gasteiger partial charge in [-0.15, -0.1) is 0 Å². The first-order valence-electron chi connectivity index (χ1n) is 12.7. The number of hydrogen-bond acceptors (Lipinski definition) is 4. The van der Waals surface area contributed by atoms with Crippen molar-refractivity contribution in [2.45, 2.75) is 62.9 Å². The number of halogens is 5. The second kappa shape index (κ2) is 10.9. The van der Waals surface area contributed by atoms with Gasteiger partial charge in [0, 0.05) is 41.6 Å². The van der Waals surface area contributed by atoms with Gasteiger partial charge in [-0.2, -0.15) is 13.2 Å². The molecule has 0 spiro atoms. The summed E-state index contributed by atoms with van der Waals surface area (Å²) in [4.78, 5) is 29.1. The lowest BCUT2D eigenvalue weighted by Gasteiger charge is -2.52. The lowest BCUT2D eigenvalue weighted by Crippen LogP contribution is -2.69. The summed E-state index contributed by atoms with van der Waals surface area (Å²) in [6.45, 7) is 2.64. The molecule has 6 nitrogen and oxygen atoms in total. The maximum absolute atomic E-state index is 14.1. The smallest absolute Gasteiger partial charge is 0.419 e. The number of piperidine rings is 1. The SMILES string of the molecule is C[C@@H](CCN1CC(O)(C(F)(F)F)C1)N1C(=O)[C@@](C)(CC(=O)O)C[C@H](c2cccc(Cl)c2)[C@H]1c1ccc(Cl)cc1. The number of aliphatic hydroxyl groups is 1. The van der Waals surface area contributed by atoms with Gasteiger partial charge in [-0.1, -0.05) is 54.4 Å². The topological polar surface area (TPSA) is 81.1 Å². The number of carbonyl (C=O) groups excluding carboxylic acids is 1. The molecule has 4 rings (SSSR count). The molecule has 2 fully saturated rings. The summed E-state index contributed by atoms with van der Waals surface area (Å²) in [5.74, 6) is -1.74. The third kappa shape index (κ3) is 6.06. The number of rotatable bonds is 8. The van der Waals surface area contributed by atoms with E-state index in [1.807, 2.05) is 31.2 Å². The molecule has 2 aliphatic heterocycles. The molecular weight excluding hydrogens is 556 g/mol. The lowest BCUT2D eigenvalue weighted by atomic mass is 9.67. The molecule has 2 aromatic carbocycles. The summed E-state index contributed by atoms with van der Waals surface area (Å²) in [7, 11) is 0. The van der Waals surface area contributed by atoms with Crippen LogP contribution in [0.2, 0.25) is 10.0 Å². The van der Waals surface area contributed by atoms with Crippen LogP contribution < -0.4 is 0 Å². The van der Waals surface area contributed by atoms with E-state index in [2.05, 4.69) is 0 Å². The first-order valence-corrected chi connectivity index (χ1v) is 13.5. The molecule has 1 amide bonds. The highest BCUT2D eigenvalue weighted by molar-refractivity contribution is 6.30. The van der Waals surface area contributed by atoms with E-state index in [-0.39, 0.29) is 31.2 Å². The Bertz CT molecular complexity index is 1220. The second-order valence-corrected chi connectivity index (χ2v) is 12.0. The quantitative estimate of drug-likeness (QED) is 0.401. The molecular formula is C28H31Cl2F3N2O4. The van der Waals surface area contributed by atoms with E-state index in [9.17, 15) is 33.0 Å². The van der Waals surface area contributed by atoms with Gasteiger partial charge >= 0.3 is 12.1 Å². The van der Waals surface area contributed by atoms with Gasteiger partial charge in [0.25, 0.3) is 0 Å². The number of carboxylic acids is 1. The Balaban J connectivity index is 1.70. The number of benzene rings is 2. The minimum atomic E-state index is -4.71. The molecule has 0 aliphatic carbocycles. The van der Waals surface area contributed by atoms with E-state index in [1.165, 1.54) is 4.90 Å². The summed E-state index contributed by atoms with van der Waals surface area (Å²) < 4.78 is 39.3. The van der Waals surface area contributed by atoms with Crippen molar-refractivity contribution in [1.29, 1.82) is 0 Å². The van der Waals surface area contributed by atoms with Crippen molar-refractivity contribution in [1.82, 2.24) is 9.80 Å². The Kier molecular flexibility index (Phi) is 8.30. The summed E-state index contributed by atoms with van der Waals surface area (Å²) in [5, 5.41) is 20.5. The van der Waals surface area contributed by atoms with Crippen molar-refractivity contribution >= 4 is 35.1 Å². The molecule has 39 heavy (non-hydrogen) atoms. The minimum Gasteiger partial charge on any atom is -0.481 e. The van der Waals surface area contributed by atoms with Crippen molar-refractivity contribution in [2.75, 3.05) is 19.6 Å². The van der Waals surface area contributed by atoms with Crippen LogP contribution in [0.15, 0.2) is 48.5 Å². The number of β-amino-alcohol motifs (C(OH)–C–C–N with tert-alkyl or cyclic N) is 1. The van der Waals surface area contributed by atoms with Crippen LogP contribution in [0.1, 0.15) is 56.2 Å². The number of carbonyl (C=O) groups is 2. The molecule has 2 heterocycles. The van der Waals surface area contributed by atoms with Gasteiger partial charge in [-0.25, -0.2) is 0 Å². The highest BCUT2D eigenvalue weighted by Crippen LogP contribution is 2.52. The molecule has 0 unspecified atom stereocenters. The van der Waals surface area contributed by atoms with E-state index in [0.29, 0.717) is 16.5 Å². The molecule has 0 radical (unpaired) electrons. The van der Waals surface area contributed by atoms with Crippen molar-refractivity contribution in [2.24, 2.45) is 5.41 Å². The zero-order valence-corrected chi connectivity index (χ0v) is 23.1. The van der Waals surface area contributed by atoms with Crippen LogP contribution in [-0.2, 0) is 9.59 Å². The highest BCUT2D eigenvalue weighted by Gasteiger charge is 2.60. The Labute approximate surface area is 235 Å². The van der Waals surface area contributed by atoms with Crippen LogP contribution in [0.3, 0.4) is 0 Å². The minimum absolute atomic E-state index is 0.230. The van der Waals surface area contributed by atoms with Crippen LogP contribution in [0, 0.1) is 5.41 Å². The molecule has 2 N–H and O–H groups in total. The zero-order valence-electron chi connectivity index (χ0n) is 21.6. The Morgan fingerprint density at radius 2 is 1.74 bits per heavy atom. The average molecular weight is 587 g/mol. The molecule has 2 saturated heterocycles. The molecule has 212 valence electrons. The fourth-order valence-electron chi connectivity index (χ4n) is 5.90. The van der Waals surface area contributed by atoms with Gasteiger partial charge in [0.1, 0.15) is 0 Å². The van der Waals surface area contributed by atoms with Gasteiger partial charge in [-0.3, -0.25) is 14.5 Å². The Morgan fingerprint density at radius 3 is 2.31 bits per heavy atom. The van der Waals surface area contributed by atoms with E-state index in [4.69, 9.17) is 23.2 Å². The maximum Gasteiger partial charge on any atom is 0.419 e. The van der Waals surface area contributed by atoms with E-state index >= 15 is 0 Å². The number of hydrogen-bond donors (Lipinski definition) is 2. The van der Waals surface area contributed by atoms with Crippen molar-refractivity contribution in [3.63, 3.8) is 0 Å².